The number of benzene rings is 1. The first kappa shape index (κ1) is 13.9. The van der Waals surface area contributed by atoms with Gasteiger partial charge in [0.2, 0.25) is 0 Å². The average molecular weight is 274 g/mol. The molecular formula is C12H13Cl2NO2. The fourth-order valence-electron chi connectivity index (χ4n) is 1.17. The predicted octanol–water partition coefficient (Wildman–Crippen LogP) is 3.52. The zero-order valence-electron chi connectivity index (χ0n) is 9.43. The van der Waals surface area contributed by atoms with Gasteiger partial charge in [0, 0.05) is 27.9 Å². The number of hydrogen-bond acceptors (Lipinski definition) is 3. The smallest absolute Gasteiger partial charge is 0.335 e. The third kappa shape index (κ3) is 4.67. The summed E-state index contributed by atoms with van der Waals surface area (Å²) in [5, 5.41) is 4.05. The van der Waals surface area contributed by atoms with Crippen LogP contribution in [0, 0.1) is 0 Å². The molecule has 0 atom stereocenters. The normalized spacial score (nSPS) is 9.82. The van der Waals surface area contributed by atoms with E-state index in [1.165, 1.54) is 0 Å². The zero-order chi connectivity index (χ0) is 12.8. The van der Waals surface area contributed by atoms with E-state index >= 15 is 0 Å². The van der Waals surface area contributed by atoms with Gasteiger partial charge in [-0.3, -0.25) is 0 Å². The minimum Gasteiger partial charge on any atom is -0.463 e. The third-order valence-corrected chi connectivity index (χ3v) is 2.37. The van der Waals surface area contributed by atoms with E-state index in [4.69, 9.17) is 27.9 Å². The Balaban J connectivity index is 2.55. The van der Waals surface area contributed by atoms with E-state index in [0.29, 0.717) is 22.2 Å². The molecule has 92 valence electrons. The summed E-state index contributed by atoms with van der Waals surface area (Å²) in [5.41, 5.74) is 1.08. The van der Waals surface area contributed by atoms with Crippen molar-refractivity contribution >= 4 is 34.9 Å². The van der Waals surface area contributed by atoms with Crippen molar-refractivity contribution < 1.29 is 9.53 Å². The van der Waals surface area contributed by atoms with Crippen molar-refractivity contribution in [3.63, 3.8) is 0 Å². The Morgan fingerprint density at radius 1 is 1.35 bits per heavy atom. The van der Waals surface area contributed by atoms with E-state index in [2.05, 4.69) is 11.9 Å². The summed E-state index contributed by atoms with van der Waals surface area (Å²) in [6, 6.07) is 5.06. The fraction of sp³-hybridized carbons (Fsp3) is 0.250. The van der Waals surface area contributed by atoms with Crippen LogP contribution in [0.3, 0.4) is 0 Å². The summed E-state index contributed by atoms with van der Waals surface area (Å²) in [4.78, 5) is 11.3. The molecule has 1 aromatic rings. The van der Waals surface area contributed by atoms with Gasteiger partial charge in [0.25, 0.3) is 0 Å². The fourth-order valence-corrected chi connectivity index (χ4v) is 1.70. The molecule has 0 amide bonds. The van der Waals surface area contributed by atoms with Crippen LogP contribution in [0.1, 0.15) is 6.92 Å². The zero-order valence-corrected chi connectivity index (χ0v) is 10.9. The number of halogens is 2. The van der Waals surface area contributed by atoms with E-state index in [1.807, 2.05) is 0 Å². The van der Waals surface area contributed by atoms with Gasteiger partial charge in [-0.25, -0.2) is 4.79 Å². The molecular weight excluding hydrogens is 261 g/mol. The Kier molecular flexibility index (Phi) is 5.32. The molecule has 0 aliphatic carbocycles. The van der Waals surface area contributed by atoms with Gasteiger partial charge >= 0.3 is 5.97 Å². The van der Waals surface area contributed by atoms with Gasteiger partial charge < -0.3 is 10.1 Å². The average Bonchev–Trinajstić information content (AvgIpc) is 2.25. The van der Waals surface area contributed by atoms with Crippen molar-refractivity contribution in [2.75, 3.05) is 18.5 Å². The lowest BCUT2D eigenvalue weighted by atomic mass is 10.2. The molecule has 0 saturated heterocycles. The SMILES string of the molecule is C=C(CNc1cc(Cl)cc(Cl)c1)C(=O)OCC. The van der Waals surface area contributed by atoms with E-state index < -0.39 is 5.97 Å². The number of esters is 1. The molecule has 0 aliphatic rings. The van der Waals surface area contributed by atoms with Gasteiger partial charge in [0.05, 0.1) is 6.61 Å². The third-order valence-electron chi connectivity index (χ3n) is 1.93. The van der Waals surface area contributed by atoms with Gasteiger partial charge in [-0.2, -0.15) is 0 Å². The second kappa shape index (κ2) is 6.52. The standard InChI is InChI=1S/C12H13Cl2NO2/c1-3-17-12(16)8(2)7-15-11-5-9(13)4-10(14)6-11/h4-6,15H,2-3,7H2,1H3. The summed E-state index contributed by atoms with van der Waals surface area (Å²) >= 11 is 11.7. The summed E-state index contributed by atoms with van der Waals surface area (Å²) in [6.07, 6.45) is 0. The van der Waals surface area contributed by atoms with Crippen molar-refractivity contribution in [2.45, 2.75) is 6.92 Å². The molecule has 0 heterocycles. The van der Waals surface area contributed by atoms with Crippen LogP contribution < -0.4 is 5.32 Å². The number of ether oxygens (including phenoxy) is 1. The highest BCUT2D eigenvalue weighted by Gasteiger charge is 2.07. The summed E-state index contributed by atoms with van der Waals surface area (Å²) < 4.78 is 4.81. The van der Waals surface area contributed by atoms with Gasteiger partial charge in [-0.1, -0.05) is 29.8 Å². The van der Waals surface area contributed by atoms with Crippen LogP contribution in [0.25, 0.3) is 0 Å². The van der Waals surface area contributed by atoms with Crippen molar-refractivity contribution in [2.24, 2.45) is 0 Å². The molecule has 1 N–H and O–H groups in total. The van der Waals surface area contributed by atoms with Gasteiger partial charge in [0.1, 0.15) is 0 Å². The molecule has 0 saturated carbocycles. The topological polar surface area (TPSA) is 38.3 Å². The molecule has 0 radical (unpaired) electrons. The second-order valence-corrected chi connectivity index (χ2v) is 4.21. The van der Waals surface area contributed by atoms with Gasteiger partial charge in [-0.05, 0) is 25.1 Å². The van der Waals surface area contributed by atoms with Crippen molar-refractivity contribution in [1.82, 2.24) is 0 Å². The molecule has 17 heavy (non-hydrogen) atoms. The predicted molar refractivity (Wildman–Crippen MR) is 70.7 cm³/mol. The first-order chi connectivity index (χ1) is 8.02. The van der Waals surface area contributed by atoms with Crippen molar-refractivity contribution in [3.8, 4) is 0 Å². The number of carbonyl (C=O) groups excluding carboxylic acids is 1. The molecule has 5 heteroatoms. The lowest BCUT2D eigenvalue weighted by Crippen LogP contribution is -2.14. The molecule has 0 spiro atoms. The summed E-state index contributed by atoms with van der Waals surface area (Å²) in [7, 11) is 0. The van der Waals surface area contributed by atoms with E-state index in [1.54, 1.807) is 25.1 Å². The number of nitrogens with one attached hydrogen (secondary N) is 1. The number of anilines is 1. The highest BCUT2D eigenvalue weighted by molar-refractivity contribution is 6.35. The maximum Gasteiger partial charge on any atom is 0.335 e. The monoisotopic (exact) mass is 273 g/mol. The Bertz CT molecular complexity index is 412. The van der Waals surface area contributed by atoms with Crippen LogP contribution in [-0.2, 0) is 9.53 Å². The van der Waals surface area contributed by atoms with Crippen LogP contribution in [0.5, 0.6) is 0 Å². The molecule has 0 aliphatic heterocycles. The molecule has 0 aromatic heterocycles. The van der Waals surface area contributed by atoms with Crippen LogP contribution in [-0.4, -0.2) is 19.1 Å². The molecule has 3 nitrogen and oxygen atoms in total. The molecule has 0 fully saturated rings. The molecule has 0 unspecified atom stereocenters. The van der Waals surface area contributed by atoms with Crippen molar-refractivity contribution in [3.05, 3.63) is 40.4 Å². The maximum absolute atomic E-state index is 11.3. The number of carbonyl (C=O) groups is 1. The Hall–Kier alpha value is -1.19. The Morgan fingerprint density at radius 3 is 2.47 bits per heavy atom. The first-order valence-electron chi connectivity index (χ1n) is 5.07. The molecule has 1 rings (SSSR count). The van der Waals surface area contributed by atoms with Crippen LogP contribution >= 0.6 is 23.2 Å². The number of hydrogen-bond donors (Lipinski definition) is 1. The Morgan fingerprint density at radius 2 is 1.94 bits per heavy atom. The first-order valence-corrected chi connectivity index (χ1v) is 5.83. The largest absolute Gasteiger partial charge is 0.463 e. The minimum absolute atomic E-state index is 0.287. The maximum atomic E-state index is 11.3. The molecule has 1 aromatic carbocycles. The van der Waals surface area contributed by atoms with E-state index in [9.17, 15) is 4.79 Å². The van der Waals surface area contributed by atoms with Crippen LogP contribution in [0.4, 0.5) is 5.69 Å². The van der Waals surface area contributed by atoms with E-state index in [0.717, 1.165) is 5.69 Å². The van der Waals surface area contributed by atoms with Gasteiger partial charge in [-0.15, -0.1) is 0 Å². The highest BCUT2D eigenvalue weighted by Crippen LogP contribution is 2.22. The lowest BCUT2D eigenvalue weighted by Gasteiger charge is -2.09. The van der Waals surface area contributed by atoms with Crippen LogP contribution in [0.2, 0.25) is 10.0 Å². The summed E-state index contributed by atoms with van der Waals surface area (Å²) in [5.74, 6) is -0.409. The van der Waals surface area contributed by atoms with Gasteiger partial charge in [0.15, 0.2) is 0 Å². The lowest BCUT2D eigenvalue weighted by molar-refractivity contribution is -0.138. The summed E-state index contributed by atoms with van der Waals surface area (Å²) in [6.45, 7) is 6.00. The Labute approximate surface area is 110 Å². The number of rotatable bonds is 5. The highest BCUT2D eigenvalue weighted by atomic mass is 35.5. The van der Waals surface area contributed by atoms with Crippen molar-refractivity contribution in [1.29, 1.82) is 0 Å². The second-order valence-electron chi connectivity index (χ2n) is 3.34. The van der Waals surface area contributed by atoms with E-state index in [-0.39, 0.29) is 6.54 Å². The quantitative estimate of drug-likeness (QED) is 0.659. The minimum atomic E-state index is -0.409. The molecule has 0 bridgehead atoms. The van der Waals surface area contributed by atoms with Crippen LogP contribution in [0.15, 0.2) is 30.4 Å².